The van der Waals surface area contributed by atoms with Crippen LogP contribution in [0.5, 0.6) is 5.75 Å². The zero-order chi connectivity index (χ0) is 12.4. The minimum absolute atomic E-state index is 0.0394. The van der Waals surface area contributed by atoms with Gasteiger partial charge in [0.15, 0.2) is 5.69 Å². The van der Waals surface area contributed by atoms with Gasteiger partial charge in [-0.1, -0.05) is 0 Å². The minimum atomic E-state index is -1.08. The first-order valence-corrected chi connectivity index (χ1v) is 4.92. The van der Waals surface area contributed by atoms with Gasteiger partial charge in [-0.2, -0.15) is 5.10 Å². The average Bonchev–Trinajstić information content (AvgIpc) is 2.74. The maximum absolute atomic E-state index is 10.8. The molecule has 0 aliphatic carbocycles. The number of nitrogens with zero attached hydrogens (tertiary/aromatic N) is 2. The summed E-state index contributed by atoms with van der Waals surface area (Å²) in [5.74, 6) is -0.377. The zero-order valence-corrected chi connectivity index (χ0v) is 9.08. The summed E-state index contributed by atoms with van der Waals surface area (Å²) in [6.45, 7) is 0. The van der Waals surface area contributed by atoms with Gasteiger partial charge in [-0.15, -0.1) is 0 Å². The number of aromatic hydroxyl groups is 1. The Balaban J connectivity index is 2.50. The molecule has 6 heteroatoms. The van der Waals surface area contributed by atoms with Crippen molar-refractivity contribution in [2.24, 2.45) is 0 Å². The van der Waals surface area contributed by atoms with E-state index in [9.17, 15) is 9.90 Å². The normalized spacial score (nSPS) is 10.2. The molecule has 17 heavy (non-hydrogen) atoms. The number of hydrogen-bond donors (Lipinski definition) is 3. The Morgan fingerprint density at radius 2 is 2.00 bits per heavy atom. The summed E-state index contributed by atoms with van der Waals surface area (Å²) in [6.07, 6.45) is 0. The largest absolute Gasteiger partial charge is 0.508 e. The van der Waals surface area contributed by atoms with Gasteiger partial charge in [0.25, 0.3) is 0 Å². The monoisotopic (exact) mass is 233 g/mol. The van der Waals surface area contributed by atoms with Gasteiger partial charge < -0.3 is 15.5 Å². The van der Waals surface area contributed by atoms with E-state index >= 15 is 0 Å². The Bertz CT molecular complexity index is 546. The Morgan fingerprint density at radius 1 is 1.35 bits per heavy atom. The topological polar surface area (TPSA) is 87.4 Å². The van der Waals surface area contributed by atoms with Crippen LogP contribution in [0.3, 0.4) is 0 Å². The molecule has 3 N–H and O–H groups in total. The highest BCUT2D eigenvalue weighted by Crippen LogP contribution is 2.19. The first-order valence-electron chi connectivity index (χ1n) is 4.92. The number of aromatic carboxylic acids is 1. The molecule has 0 fully saturated rings. The van der Waals surface area contributed by atoms with Gasteiger partial charge in [-0.05, 0) is 24.3 Å². The molecular formula is C11H11N3O3. The SMILES string of the molecule is CNc1cc(C(=O)O)nn1-c1ccc(O)cc1. The number of hydrogen-bond acceptors (Lipinski definition) is 4. The number of benzene rings is 1. The van der Waals surface area contributed by atoms with E-state index < -0.39 is 5.97 Å². The van der Waals surface area contributed by atoms with Crippen LogP contribution in [0.15, 0.2) is 30.3 Å². The van der Waals surface area contributed by atoms with Crippen molar-refractivity contribution in [3.8, 4) is 11.4 Å². The number of phenols is 1. The predicted octanol–water partition coefficient (Wildman–Crippen LogP) is 1.32. The molecule has 0 bridgehead atoms. The highest BCUT2D eigenvalue weighted by molar-refractivity contribution is 5.86. The molecule has 0 unspecified atom stereocenters. The molecule has 0 saturated heterocycles. The summed E-state index contributed by atoms with van der Waals surface area (Å²) in [5, 5.41) is 24.9. The average molecular weight is 233 g/mol. The molecule has 0 spiro atoms. The molecule has 0 aliphatic rings. The molecule has 1 aromatic carbocycles. The van der Waals surface area contributed by atoms with Crippen LogP contribution < -0.4 is 5.32 Å². The van der Waals surface area contributed by atoms with Crippen LogP contribution in [0.25, 0.3) is 5.69 Å². The Morgan fingerprint density at radius 3 is 2.53 bits per heavy atom. The molecule has 2 rings (SSSR count). The molecule has 0 amide bonds. The molecule has 1 aromatic heterocycles. The minimum Gasteiger partial charge on any atom is -0.508 e. The molecule has 2 aromatic rings. The quantitative estimate of drug-likeness (QED) is 0.744. The molecule has 1 heterocycles. The molecular weight excluding hydrogens is 222 g/mol. The lowest BCUT2D eigenvalue weighted by Crippen LogP contribution is -2.03. The highest BCUT2D eigenvalue weighted by Gasteiger charge is 2.13. The fourth-order valence-corrected chi connectivity index (χ4v) is 1.45. The van der Waals surface area contributed by atoms with Crippen LogP contribution in [-0.2, 0) is 0 Å². The highest BCUT2D eigenvalue weighted by atomic mass is 16.4. The van der Waals surface area contributed by atoms with Gasteiger partial charge in [0, 0.05) is 13.1 Å². The van der Waals surface area contributed by atoms with Gasteiger partial charge in [0.1, 0.15) is 11.6 Å². The summed E-state index contributed by atoms with van der Waals surface area (Å²) in [7, 11) is 1.68. The maximum atomic E-state index is 10.8. The summed E-state index contributed by atoms with van der Waals surface area (Å²) < 4.78 is 1.46. The second-order valence-electron chi connectivity index (χ2n) is 3.40. The van der Waals surface area contributed by atoms with Crippen molar-refractivity contribution in [2.75, 3.05) is 12.4 Å². The van der Waals surface area contributed by atoms with E-state index in [-0.39, 0.29) is 11.4 Å². The number of anilines is 1. The summed E-state index contributed by atoms with van der Waals surface area (Å²) in [4.78, 5) is 10.8. The van der Waals surface area contributed by atoms with Crippen molar-refractivity contribution in [1.29, 1.82) is 0 Å². The van der Waals surface area contributed by atoms with Crippen molar-refractivity contribution < 1.29 is 15.0 Å². The van der Waals surface area contributed by atoms with Gasteiger partial charge in [-0.3, -0.25) is 0 Å². The number of phenolic OH excluding ortho intramolecular Hbond substituents is 1. The Hall–Kier alpha value is -2.50. The van der Waals surface area contributed by atoms with E-state index in [1.807, 2.05) is 0 Å². The van der Waals surface area contributed by atoms with Gasteiger partial charge in [0.2, 0.25) is 0 Å². The van der Waals surface area contributed by atoms with Gasteiger partial charge in [-0.25, -0.2) is 9.48 Å². The molecule has 0 radical (unpaired) electrons. The van der Waals surface area contributed by atoms with Crippen molar-refractivity contribution in [1.82, 2.24) is 9.78 Å². The number of rotatable bonds is 3. The predicted molar refractivity (Wildman–Crippen MR) is 61.7 cm³/mol. The number of carbonyl (C=O) groups is 1. The summed E-state index contributed by atoms with van der Waals surface area (Å²) in [5.41, 5.74) is 0.627. The van der Waals surface area contributed by atoms with Crippen LogP contribution in [0, 0.1) is 0 Å². The maximum Gasteiger partial charge on any atom is 0.356 e. The van der Waals surface area contributed by atoms with Crippen LogP contribution in [0.2, 0.25) is 0 Å². The first kappa shape index (κ1) is 11.0. The standard InChI is InChI=1S/C11H11N3O3/c1-12-10-6-9(11(16)17)13-14(10)7-2-4-8(15)5-3-7/h2-6,12,15H,1H3,(H,16,17). The van der Waals surface area contributed by atoms with Crippen molar-refractivity contribution in [3.63, 3.8) is 0 Å². The van der Waals surface area contributed by atoms with Crippen LogP contribution in [0.1, 0.15) is 10.5 Å². The van der Waals surface area contributed by atoms with E-state index in [4.69, 9.17) is 5.11 Å². The first-order chi connectivity index (χ1) is 8.11. The number of carboxylic acid groups (broad SMARTS) is 1. The van der Waals surface area contributed by atoms with Crippen LogP contribution in [-0.4, -0.2) is 33.0 Å². The fraction of sp³-hybridized carbons (Fsp3) is 0.0909. The molecule has 6 nitrogen and oxygen atoms in total. The summed E-state index contributed by atoms with van der Waals surface area (Å²) in [6, 6.07) is 7.76. The smallest absolute Gasteiger partial charge is 0.356 e. The second kappa shape index (κ2) is 4.17. The Kier molecular flexibility index (Phi) is 2.70. The Labute approximate surface area is 97.1 Å². The van der Waals surface area contributed by atoms with Gasteiger partial charge in [0.05, 0.1) is 5.69 Å². The number of nitrogens with one attached hydrogen (secondary N) is 1. The van der Waals surface area contributed by atoms with Crippen molar-refractivity contribution in [3.05, 3.63) is 36.0 Å². The fourth-order valence-electron chi connectivity index (χ4n) is 1.45. The third-order valence-electron chi connectivity index (χ3n) is 2.28. The zero-order valence-electron chi connectivity index (χ0n) is 9.08. The third kappa shape index (κ3) is 2.05. The van der Waals surface area contributed by atoms with Crippen LogP contribution in [0.4, 0.5) is 5.82 Å². The lowest BCUT2D eigenvalue weighted by atomic mass is 10.3. The molecule has 88 valence electrons. The molecule has 0 atom stereocenters. The van der Waals surface area contributed by atoms with Crippen molar-refractivity contribution >= 4 is 11.8 Å². The van der Waals surface area contributed by atoms with E-state index in [2.05, 4.69) is 10.4 Å². The van der Waals surface area contributed by atoms with E-state index in [1.54, 1.807) is 19.2 Å². The molecule has 0 saturated carbocycles. The van der Waals surface area contributed by atoms with Crippen LogP contribution >= 0.6 is 0 Å². The second-order valence-corrected chi connectivity index (χ2v) is 3.40. The van der Waals surface area contributed by atoms with Crippen molar-refractivity contribution in [2.45, 2.75) is 0 Å². The van der Waals surface area contributed by atoms with Gasteiger partial charge >= 0.3 is 5.97 Å². The summed E-state index contributed by atoms with van der Waals surface area (Å²) >= 11 is 0. The molecule has 0 aliphatic heterocycles. The van der Waals surface area contributed by atoms with E-state index in [0.29, 0.717) is 11.5 Å². The van der Waals surface area contributed by atoms with E-state index in [0.717, 1.165) is 0 Å². The lowest BCUT2D eigenvalue weighted by molar-refractivity contribution is 0.0690. The number of aromatic nitrogens is 2. The lowest BCUT2D eigenvalue weighted by Gasteiger charge is -2.06. The third-order valence-corrected chi connectivity index (χ3v) is 2.28. The van der Waals surface area contributed by atoms with E-state index in [1.165, 1.54) is 22.9 Å². The number of carboxylic acids is 1.